The molecule has 17 heavy (non-hydrogen) atoms. The average Bonchev–Trinajstić information content (AvgIpc) is 2.56. The molecule has 7 heteroatoms. The number of hydrogen-bond acceptors (Lipinski definition) is 3. The van der Waals surface area contributed by atoms with Gasteiger partial charge in [0.15, 0.2) is 0 Å². The molecule has 0 saturated heterocycles. The predicted molar refractivity (Wildman–Crippen MR) is 73.5 cm³/mol. The van der Waals surface area contributed by atoms with Crippen molar-refractivity contribution in [2.75, 3.05) is 13.6 Å². The second kappa shape index (κ2) is 5.97. The Morgan fingerprint density at radius 1 is 1.53 bits per heavy atom. The van der Waals surface area contributed by atoms with Crippen molar-refractivity contribution in [2.24, 2.45) is 5.92 Å². The predicted octanol–water partition coefficient (Wildman–Crippen LogP) is 3.07. The van der Waals surface area contributed by atoms with E-state index < -0.39 is 11.9 Å². The number of hydrogen-bond donors (Lipinski definition) is 1. The zero-order valence-electron chi connectivity index (χ0n) is 9.24. The lowest BCUT2D eigenvalue weighted by atomic mass is 10.1. The summed E-state index contributed by atoms with van der Waals surface area (Å²) in [5.74, 6) is -1.67. The fourth-order valence-corrected chi connectivity index (χ4v) is 4.04. The van der Waals surface area contributed by atoms with Crippen LogP contribution in [0.1, 0.15) is 17.3 Å². The largest absolute Gasteiger partial charge is 0.481 e. The van der Waals surface area contributed by atoms with E-state index in [9.17, 15) is 9.59 Å². The maximum atomic E-state index is 12.0. The summed E-state index contributed by atoms with van der Waals surface area (Å²) in [6.45, 7) is 1.76. The number of halogens is 2. The molecule has 1 amide bonds. The quantitative estimate of drug-likeness (QED) is 0.867. The summed E-state index contributed by atoms with van der Waals surface area (Å²) in [5.41, 5.74) is 0.543. The molecule has 1 aromatic rings. The molecule has 1 rings (SSSR count). The number of carbonyl (C=O) groups excluding carboxylic acids is 1. The first-order valence-electron chi connectivity index (χ1n) is 4.76. The van der Waals surface area contributed by atoms with Gasteiger partial charge in [0.1, 0.15) is 0 Å². The maximum Gasteiger partial charge on any atom is 0.308 e. The van der Waals surface area contributed by atoms with Crippen molar-refractivity contribution in [1.29, 1.82) is 0 Å². The first-order valence-corrected chi connectivity index (χ1v) is 7.16. The summed E-state index contributed by atoms with van der Waals surface area (Å²) >= 11 is 8.01. The van der Waals surface area contributed by atoms with Crippen LogP contribution < -0.4 is 0 Å². The van der Waals surface area contributed by atoms with E-state index in [2.05, 4.69) is 31.9 Å². The fraction of sp³-hybridized carbons (Fsp3) is 0.400. The van der Waals surface area contributed by atoms with Crippen molar-refractivity contribution >= 4 is 55.1 Å². The van der Waals surface area contributed by atoms with E-state index in [4.69, 9.17) is 5.11 Å². The molecule has 0 aliphatic rings. The van der Waals surface area contributed by atoms with E-state index in [-0.39, 0.29) is 12.5 Å². The summed E-state index contributed by atoms with van der Waals surface area (Å²) < 4.78 is 1.59. The lowest BCUT2D eigenvalue weighted by molar-refractivity contribution is -0.141. The Balaban J connectivity index is 2.77. The van der Waals surface area contributed by atoms with Gasteiger partial charge in [-0.05, 0) is 37.9 Å². The van der Waals surface area contributed by atoms with Crippen LogP contribution >= 0.6 is 43.2 Å². The summed E-state index contributed by atoms with van der Waals surface area (Å²) in [7, 11) is 1.60. The van der Waals surface area contributed by atoms with Gasteiger partial charge in [0.2, 0.25) is 0 Å². The summed E-state index contributed by atoms with van der Waals surface area (Å²) in [6.07, 6.45) is 0. The highest BCUT2D eigenvalue weighted by Crippen LogP contribution is 2.32. The van der Waals surface area contributed by atoms with E-state index in [0.717, 1.165) is 7.57 Å². The summed E-state index contributed by atoms with van der Waals surface area (Å²) in [6, 6.07) is 1.72. The normalized spacial score (nSPS) is 12.2. The van der Waals surface area contributed by atoms with Gasteiger partial charge in [-0.1, -0.05) is 6.92 Å². The highest BCUT2D eigenvalue weighted by atomic mass is 79.9. The molecule has 4 nitrogen and oxygen atoms in total. The van der Waals surface area contributed by atoms with Crippen molar-refractivity contribution in [3.05, 3.63) is 19.2 Å². The van der Waals surface area contributed by atoms with Crippen molar-refractivity contribution < 1.29 is 14.7 Å². The third kappa shape index (κ3) is 3.79. The average molecular weight is 385 g/mol. The standard InChI is InChI=1S/C10H11Br2NO3S/c1-5(10(15)16)4-13(2)9(14)6-3-7(11)17-8(6)12/h3,5H,4H2,1-2H3,(H,15,16). The highest BCUT2D eigenvalue weighted by Gasteiger charge is 2.21. The van der Waals surface area contributed by atoms with Crippen molar-refractivity contribution in [1.82, 2.24) is 4.90 Å². The van der Waals surface area contributed by atoms with Crippen LogP contribution in [-0.2, 0) is 4.79 Å². The summed E-state index contributed by atoms with van der Waals surface area (Å²) in [4.78, 5) is 24.2. The van der Waals surface area contributed by atoms with Gasteiger partial charge in [0, 0.05) is 13.6 Å². The lowest BCUT2D eigenvalue weighted by Crippen LogP contribution is -2.33. The van der Waals surface area contributed by atoms with Crippen LogP contribution in [0.5, 0.6) is 0 Å². The van der Waals surface area contributed by atoms with Gasteiger partial charge < -0.3 is 10.0 Å². The van der Waals surface area contributed by atoms with Gasteiger partial charge in [-0.25, -0.2) is 0 Å². The molecule has 0 radical (unpaired) electrons. The summed E-state index contributed by atoms with van der Waals surface area (Å²) in [5, 5.41) is 8.79. The van der Waals surface area contributed by atoms with Crippen LogP contribution in [0.3, 0.4) is 0 Å². The fourth-order valence-electron chi connectivity index (χ4n) is 1.26. The minimum absolute atomic E-state index is 0.188. The van der Waals surface area contributed by atoms with Gasteiger partial charge in [-0.15, -0.1) is 11.3 Å². The topological polar surface area (TPSA) is 57.6 Å². The van der Waals surface area contributed by atoms with Gasteiger partial charge in [0.05, 0.1) is 19.1 Å². The first-order chi connectivity index (χ1) is 7.82. The van der Waals surface area contributed by atoms with E-state index >= 15 is 0 Å². The number of carboxylic acids is 1. The molecule has 0 fully saturated rings. The molecule has 0 saturated carbocycles. The number of nitrogens with zero attached hydrogens (tertiary/aromatic N) is 1. The van der Waals surface area contributed by atoms with Gasteiger partial charge in [0.25, 0.3) is 5.91 Å². The number of amides is 1. The minimum atomic E-state index is -0.907. The third-order valence-corrected chi connectivity index (χ3v) is 4.54. The Labute approximate surface area is 120 Å². The van der Waals surface area contributed by atoms with E-state index in [0.29, 0.717) is 5.56 Å². The molecule has 0 aliphatic carbocycles. The smallest absolute Gasteiger partial charge is 0.308 e. The second-order valence-electron chi connectivity index (χ2n) is 3.66. The zero-order chi connectivity index (χ0) is 13.2. The van der Waals surface area contributed by atoms with Crippen LogP contribution in [0.15, 0.2) is 13.6 Å². The first kappa shape index (κ1) is 14.7. The Morgan fingerprint density at radius 3 is 2.53 bits per heavy atom. The van der Waals surface area contributed by atoms with Crippen molar-refractivity contribution in [2.45, 2.75) is 6.92 Å². The molecule has 0 aromatic carbocycles. The molecule has 0 spiro atoms. The molecular weight excluding hydrogens is 374 g/mol. The van der Waals surface area contributed by atoms with Crippen LogP contribution in [0.2, 0.25) is 0 Å². The number of thiophene rings is 1. The monoisotopic (exact) mass is 383 g/mol. The Kier molecular flexibility index (Phi) is 5.15. The van der Waals surface area contributed by atoms with E-state index in [1.165, 1.54) is 16.2 Å². The van der Waals surface area contributed by atoms with Gasteiger partial charge in [-0.2, -0.15) is 0 Å². The van der Waals surface area contributed by atoms with Gasteiger partial charge >= 0.3 is 5.97 Å². The van der Waals surface area contributed by atoms with Crippen LogP contribution in [0.25, 0.3) is 0 Å². The molecule has 94 valence electrons. The molecule has 1 unspecified atom stereocenters. The molecule has 1 heterocycles. The minimum Gasteiger partial charge on any atom is -0.481 e. The Morgan fingerprint density at radius 2 is 2.12 bits per heavy atom. The molecule has 1 atom stereocenters. The molecular formula is C10H11Br2NO3S. The van der Waals surface area contributed by atoms with Crippen LogP contribution in [0.4, 0.5) is 0 Å². The molecule has 1 aromatic heterocycles. The Hall–Kier alpha value is -0.400. The maximum absolute atomic E-state index is 12.0. The zero-order valence-corrected chi connectivity index (χ0v) is 13.2. The van der Waals surface area contributed by atoms with Gasteiger partial charge in [-0.3, -0.25) is 9.59 Å². The number of carboxylic acid groups (broad SMARTS) is 1. The lowest BCUT2D eigenvalue weighted by Gasteiger charge is -2.19. The van der Waals surface area contributed by atoms with Crippen LogP contribution in [-0.4, -0.2) is 35.5 Å². The third-order valence-electron chi connectivity index (χ3n) is 2.20. The number of carbonyl (C=O) groups is 2. The number of aliphatic carboxylic acids is 1. The van der Waals surface area contributed by atoms with E-state index in [1.807, 2.05) is 0 Å². The second-order valence-corrected chi connectivity index (χ2v) is 7.41. The molecule has 0 bridgehead atoms. The molecule has 0 aliphatic heterocycles. The molecule has 1 N–H and O–H groups in total. The van der Waals surface area contributed by atoms with E-state index in [1.54, 1.807) is 20.0 Å². The number of rotatable bonds is 4. The van der Waals surface area contributed by atoms with Crippen molar-refractivity contribution in [3.8, 4) is 0 Å². The highest BCUT2D eigenvalue weighted by molar-refractivity contribution is 9.12. The SMILES string of the molecule is CC(CN(C)C(=O)c1cc(Br)sc1Br)C(=O)O. The Bertz CT molecular complexity index is 447. The van der Waals surface area contributed by atoms with Crippen molar-refractivity contribution in [3.63, 3.8) is 0 Å². The van der Waals surface area contributed by atoms with Crippen LogP contribution in [0, 0.1) is 5.92 Å².